The Bertz CT molecular complexity index is 557. The van der Waals surface area contributed by atoms with Crippen LogP contribution in [0.25, 0.3) is 0 Å². The average Bonchev–Trinajstić information content (AvgIpc) is 2.72. The summed E-state index contributed by atoms with van der Waals surface area (Å²) in [6.45, 7) is 6.60. The number of morpholine rings is 1. The molecule has 0 bridgehead atoms. The van der Waals surface area contributed by atoms with Gasteiger partial charge in [0.2, 0.25) is 5.91 Å². The summed E-state index contributed by atoms with van der Waals surface area (Å²) in [5, 5.41) is 0. The van der Waals surface area contributed by atoms with Crippen LogP contribution in [0.3, 0.4) is 0 Å². The number of carbonyl (C=O) groups excluding carboxylic acids is 1. The van der Waals surface area contributed by atoms with E-state index in [0.29, 0.717) is 18.9 Å². The molecular weight excluding hydrogens is 332 g/mol. The SMILES string of the molecule is COc1ccc(OCC2CCCN(C(=O)CCN3CCOCC3)C2)cc1. The van der Waals surface area contributed by atoms with Crippen molar-refractivity contribution < 1.29 is 19.0 Å². The summed E-state index contributed by atoms with van der Waals surface area (Å²) in [6, 6.07) is 7.65. The first-order chi connectivity index (χ1) is 12.7. The van der Waals surface area contributed by atoms with Crippen molar-refractivity contribution in [1.82, 2.24) is 9.80 Å². The van der Waals surface area contributed by atoms with Crippen LogP contribution >= 0.6 is 0 Å². The van der Waals surface area contributed by atoms with Gasteiger partial charge >= 0.3 is 0 Å². The molecule has 1 amide bonds. The normalized spacial score (nSPS) is 21.4. The molecule has 0 spiro atoms. The zero-order chi connectivity index (χ0) is 18.2. The van der Waals surface area contributed by atoms with Gasteiger partial charge < -0.3 is 19.1 Å². The number of methoxy groups -OCH3 is 1. The molecule has 2 heterocycles. The number of nitrogens with zero attached hydrogens (tertiary/aromatic N) is 2. The lowest BCUT2D eigenvalue weighted by atomic mass is 9.98. The third-order valence-electron chi connectivity index (χ3n) is 5.16. The van der Waals surface area contributed by atoms with Crippen molar-refractivity contribution in [2.45, 2.75) is 19.3 Å². The van der Waals surface area contributed by atoms with Crippen LogP contribution in [-0.4, -0.2) is 75.4 Å². The summed E-state index contributed by atoms with van der Waals surface area (Å²) in [7, 11) is 1.66. The molecule has 0 N–H and O–H groups in total. The number of amides is 1. The van der Waals surface area contributed by atoms with Gasteiger partial charge in [0.1, 0.15) is 11.5 Å². The Labute approximate surface area is 156 Å². The van der Waals surface area contributed by atoms with Crippen molar-refractivity contribution in [1.29, 1.82) is 0 Å². The zero-order valence-electron chi connectivity index (χ0n) is 15.7. The Balaban J connectivity index is 1.40. The lowest BCUT2D eigenvalue weighted by Crippen LogP contribution is -2.44. The average molecular weight is 362 g/mol. The maximum Gasteiger partial charge on any atom is 0.223 e. The second-order valence-corrected chi connectivity index (χ2v) is 7.04. The van der Waals surface area contributed by atoms with E-state index in [1.54, 1.807) is 7.11 Å². The summed E-state index contributed by atoms with van der Waals surface area (Å²) >= 11 is 0. The van der Waals surface area contributed by atoms with E-state index in [9.17, 15) is 4.79 Å². The van der Waals surface area contributed by atoms with Crippen LogP contribution in [0.5, 0.6) is 11.5 Å². The molecule has 3 rings (SSSR count). The maximum atomic E-state index is 12.5. The van der Waals surface area contributed by atoms with Gasteiger partial charge in [-0.05, 0) is 37.1 Å². The molecule has 2 aliphatic heterocycles. The van der Waals surface area contributed by atoms with Crippen LogP contribution in [-0.2, 0) is 9.53 Å². The number of ether oxygens (including phenoxy) is 3. The number of piperidine rings is 1. The predicted octanol–water partition coefficient (Wildman–Crippen LogP) is 2.03. The van der Waals surface area contributed by atoms with E-state index in [0.717, 1.165) is 70.3 Å². The topological polar surface area (TPSA) is 51.2 Å². The Morgan fingerprint density at radius 3 is 2.62 bits per heavy atom. The van der Waals surface area contributed by atoms with E-state index in [1.807, 2.05) is 29.2 Å². The Morgan fingerprint density at radius 2 is 1.88 bits per heavy atom. The summed E-state index contributed by atoms with van der Waals surface area (Å²) in [4.78, 5) is 16.9. The van der Waals surface area contributed by atoms with Gasteiger partial charge in [-0.2, -0.15) is 0 Å². The summed E-state index contributed by atoms with van der Waals surface area (Å²) in [5.74, 6) is 2.34. The molecule has 1 unspecified atom stereocenters. The highest BCUT2D eigenvalue weighted by atomic mass is 16.5. The van der Waals surface area contributed by atoms with Crippen LogP contribution in [0.2, 0.25) is 0 Å². The van der Waals surface area contributed by atoms with E-state index in [4.69, 9.17) is 14.2 Å². The van der Waals surface area contributed by atoms with Crippen molar-refractivity contribution in [3.8, 4) is 11.5 Å². The highest BCUT2D eigenvalue weighted by Crippen LogP contribution is 2.21. The van der Waals surface area contributed by atoms with Crippen molar-refractivity contribution in [2.24, 2.45) is 5.92 Å². The van der Waals surface area contributed by atoms with Gasteiger partial charge in [-0.3, -0.25) is 9.69 Å². The third kappa shape index (κ3) is 5.61. The first-order valence-electron chi connectivity index (χ1n) is 9.59. The predicted molar refractivity (Wildman–Crippen MR) is 99.7 cm³/mol. The molecule has 1 atom stereocenters. The number of benzene rings is 1. The molecule has 6 heteroatoms. The summed E-state index contributed by atoms with van der Waals surface area (Å²) in [5.41, 5.74) is 0. The Hall–Kier alpha value is -1.79. The van der Waals surface area contributed by atoms with E-state index >= 15 is 0 Å². The van der Waals surface area contributed by atoms with Crippen molar-refractivity contribution in [3.63, 3.8) is 0 Å². The highest BCUT2D eigenvalue weighted by molar-refractivity contribution is 5.76. The fourth-order valence-corrected chi connectivity index (χ4v) is 3.55. The van der Waals surface area contributed by atoms with Crippen molar-refractivity contribution in [2.75, 3.05) is 59.7 Å². The molecule has 144 valence electrons. The second-order valence-electron chi connectivity index (χ2n) is 7.04. The number of hydrogen-bond donors (Lipinski definition) is 0. The van der Waals surface area contributed by atoms with Crippen LogP contribution in [0, 0.1) is 5.92 Å². The fraction of sp³-hybridized carbons (Fsp3) is 0.650. The quantitative estimate of drug-likeness (QED) is 0.743. The molecule has 0 aromatic heterocycles. The van der Waals surface area contributed by atoms with Gasteiger partial charge in [0.25, 0.3) is 0 Å². The van der Waals surface area contributed by atoms with Gasteiger partial charge in [-0.1, -0.05) is 0 Å². The van der Waals surface area contributed by atoms with Gasteiger partial charge in [0, 0.05) is 45.1 Å². The Kier molecular flexibility index (Phi) is 7.14. The standard InChI is InChI=1S/C20H30N2O4/c1-24-18-4-6-19(7-5-18)26-16-17-3-2-9-22(15-17)20(23)8-10-21-11-13-25-14-12-21/h4-7,17H,2-3,8-16H2,1H3. The van der Waals surface area contributed by atoms with Crippen molar-refractivity contribution in [3.05, 3.63) is 24.3 Å². The highest BCUT2D eigenvalue weighted by Gasteiger charge is 2.24. The summed E-state index contributed by atoms with van der Waals surface area (Å²) < 4.78 is 16.4. The number of carbonyl (C=O) groups is 1. The molecule has 0 saturated carbocycles. The number of rotatable bonds is 7. The van der Waals surface area contributed by atoms with Gasteiger partial charge in [0.15, 0.2) is 0 Å². The molecule has 2 fully saturated rings. The van der Waals surface area contributed by atoms with E-state index < -0.39 is 0 Å². The van der Waals surface area contributed by atoms with Gasteiger partial charge in [-0.25, -0.2) is 0 Å². The maximum absolute atomic E-state index is 12.5. The monoisotopic (exact) mass is 362 g/mol. The van der Waals surface area contributed by atoms with Crippen LogP contribution < -0.4 is 9.47 Å². The zero-order valence-corrected chi connectivity index (χ0v) is 15.7. The fourth-order valence-electron chi connectivity index (χ4n) is 3.55. The molecule has 0 aliphatic carbocycles. The van der Waals surface area contributed by atoms with E-state index in [1.165, 1.54) is 0 Å². The molecule has 1 aromatic carbocycles. The van der Waals surface area contributed by atoms with Crippen LogP contribution in [0.1, 0.15) is 19.3 Å². The second kappa shape index (κ2) is 9.78. The van der Waals surface area contributed by atoms with Crippen molar-refractivity contribution >= 4 is 5.91 Å². The third-order valence-corrected chi connectivity index (χ3v) is 5.16. The van der Waals surface area contributed by atoms with E-state index in [2.05, 4.69) is 4.90 Å². The van der Waals surface area contributed by atoms with Crippen LogP contribution in [0.4, 0.5) is 0 Å². The van der Waals surface area contributed by atoms with Gasteiger partial charge in [0.05, 0.1) is 26.9 Å². The lowest BCUT2D eigenvalue weighted by molar-refractivity contribution is -0.133. The number of hydrogen-bond acceptors (Lipinski definition) is 5. The van der Waals surface area contributed by atoms with Gasteiger partial charge in [-0.15, -0.1) is 0 Å². The molecule has 2 saturated heterocycles. The Morgan fingerprint density at radius 1 is 1.15 bits per heavy atom. The smallest absolute Gasteiger partial charge is 0.223 e. The molecule has 0 radical (unpaired) electrons. The molecule has 6 nitrogen and oxygen atoms in total. The largest absolute Gasteiger partial charge is 0.497 e. The van der Waals surface area contributed by atoms with E-state index in [-0.39, 0.29) is 5.91 Å². The minimum atomic E-state index is 0.269. The minimum Gasteiger partial charge on any atom is -0.497 e. The summed E-state index contributed by atoms with van der Waals surface area (Å²) in [6.07, 6.45) is 2.77. The molecule has 26 heavy (non-hydrogen) atoms. The first kappa shape index (κ1) is 19.0. The molecular formula is C20H30N2O4. The van der Waals surface area contributed by atoms with Crippen LogP contribution in [0.15, 0.2) is 24.3 Å². The minimum absolute atomic E-state index is 0.269. The molecule has 2 aliphatic rings. The first-order valence-corrected chi connectivity index (χ1v) is 9.59. The lowest BCUT2D eigenvalue weighted by Gasteiger charge is -2.33. The molecule has 1 aromatic rings. The number of likely N-dealkylation sites (tertiary alicyclic amines) is 1.